The Morgan fingerprint density at radius 2 is 1.82 bits per heavy atom. The molecule has 0 bridgehead atoms. The molecule has 0 aliphatic carbocycles. The van der Waals surface area contributed by atoms with Gasteiger partial charge in [0.2, 0.25) is 5.91 Å². The van der Waals surface area contributed by atoms with Crippen molar-refractivity contribution < 1.29 is 18.0 Å². The largest absolute Gasteiger partial charge is 0.390 e. The van der Waals surface area contributed by atoms with Gasteiger partial charge in [-0.25, -0.2) is 4.99 Å². The second kappa shape index (κ2) is 11.2. The zero-order valence-electron chi connectivity index (χ0n) is 20.3. The number of halogens is 4. The van der Waals surface area contributed by atoms with Gasteiger partial charge in [0.25, 0.3) is 0 Å². The van der Waals surface area contributed by atoms with Crippen molar-refractivity contribution in [3.63, 3.8) is 0 Å². The number of hydrogen-bond acceptors (Lipinski definition) is 6. The number of rotatable bonds is 6. The fourth-order valence-electron chi connectivity index (χ4n) is 4.53. The average Bonchev–Trinajstić information content (AvgIpc) is 3.25. The predicted octanol–water partition coefficient (Wildman–Crippen LogP) is 6.31. The van der Waals surface area contributed by atoms with Gasteiger partial charge in [-0.2, -0.15) is 13.2 Å². The number of para-hydroxylation sites is 1. The lowest BCUT2D eigenvalue weighted by Crippen LogP contribution is -2.42. The summed E-state index contributed by atoms with van der Waals surface area (Å²) in [6.45, 7) is 0.964. The standard InChI is InChI=1S/C27H25BrF3N5OS/c28-20-7-5-18(6-8-20)24-25(35-26(34-24)9-12-36(13-10-26)14-11-27(29,30)31)38-17-23(37)33-21-15-19-3-1-2-4-22(19)32-16-21/h1-8,15-16H,9-14,17H2,(H,33,37). The number of alkyl halides is 3. The van der Waals surface area contributed by atoms with E-state index in [2.05, 4.69) is 26.2 Å². The average molecular weight is 604 g/mol. The van der Waals surface area contributed by atoms with Crippen LogP contribution in [-0.4, -0.2) is 63.8 Å². The van der Waals surface area contributed by atoms with Gasteiger partial charge >= 0.3 is 6.18 Å². The molecule has 1 fully saturated rings. The van der Waals surface area contributed by atoms with Crippen LogP contribution in [0.15, 0.2) is 75.3 Å². The zero-order chi connectivity index (χ0) is 26.8. The first-order valence-electron chi connectivity index (χ1n) is 12.2. The Kier molecular flexibility index (Phi) is 7.88. The third-order valence-corrected chi connectivity index (χ3v) is 8.03. The number of benzene rings is 2. The minimum Gasteiger partial charge on any atom is -0.324 e. The number of hydrogen-bond donors (Lipinski definition) is 1. The molecular formula is C27H25BrF3N5OS. The molecule has 1 N–H and O–H groups in total. The number of nitrogens with one attached hydrogen (secondary N) is 1. The minimum atomic E-state index is -4.17. The van der Waals surface area contributed by atoms with Crippen LogP contribution in [0.5, 0.6) is 0 Å². The summed E-state index contributed by atoms with van der Waals surface area (Å²) in [5, 5.41) is 4.51. The number of piperidine rings is 1. The monoisotopic (exact) mass is 603 g/mol. The van der Waals surface area contributed by atoms with Crippen LogP contribution in [-0.2, 0) is 4.79 Å². The second-order valence-corrected chi connectivity index (χ2v) is 11.2. The van der Waals surface area contributed by atoms with Gasteiger partial charge in [0, 0.05) is 47.9 Å². The van der Waals surface area contributed by atoms with E-state index >= 15 is 0 Å². The molecule has 2 aliphatic heterocycles. The number of anilines is 1. The van der Waals surface area contributed by atoms with Gasteiger partial charge < -0.3 is 10.2 Å². The highest BCUT2D eigenvalue weighted by molar-refractivity contribution is 9.10. The molecule has 6 nitrogen and oxygen atoms in total. The fourth-order valence-corrected chi connectivity index (χ4v) is 5.67. The van der Waals surface area contributed by atoms with Crippen molar-refractivity contribution in [1.29, 1.82) is 0 Å². The first-order valence-corrected chi connectivity index (χ1v) is 14.0. The molecule has 2 aromatic carbocycles. The smallest absolute Gasteiger partial charge is 0.324 e. The maximum absolute atomic E-state index is 12.8. The first kappa shape index (κ1) is 26.8. The maximum atomic E-state index is 12.8. The predicted molar refractivity (Wildman–Crippen MR) is 150 cm³/mol. The molecule has 3 aromatic rings. The molecule has 5 rings (SSSR count). The van der Waals surface area contributed by atoms with E-state index in [1.54, 1.807) is 6.20 Å². The third-order valence-electron chi connectivity index (χ3n) is 6.53. The molecule has 0 saturated carbocycles. The van der Waals surface area contributed by atoms with E-state index in [4.69, 9.17) is 9.98 Å². The quantitative estimate of drug-likeness (QED) is 0.358. The van der Waals surface area contributed by atoms with Gasteiger partial charge in [0.15, 0.2) is 5.66 Å². The summed E-state index contributed by atoms with van der Waals surface area (Å²) in [5.74, 6) is -0.0532. The molecule has 2 aliphatic rings. The van der Waals surface area contributed by atoms with Gasteiger partial charge in [-0.3, -0.25) is 14.8 Å². The highest BCUT2D eigenvalue weighted by atomic mass is 79.9. The van der Waals surface area contributed by atoms with Crippen LogP contribution in [0, 0.1) is 0 Å². The highest BCUT2D eigenvalue weighted by Gasteiger charge is 2.40. The molecule has 0 atom stereocenters. The van der Waals surface area contributed by atoms with Crippen LogP contribution in [0.1, 0.15) is 24.8 Å². The fraction of sp³-hybridized carbons (Fsp3) is 0.333. The topological polar surface area (TPSA) is 70.0 Å². The number of thioether (sulfide) groups is 1. The number of aliphatic imine (C=N–C) groups is 2. The molecular weight excluding hydrogens is 579 g/mol. The van der Waals surface area contributed by atoms with Crippen LogP contribution in [0.25, 0.3) is 10.9 Å². The zero-order valence-corrected chi connectivity index (χ0v) is 22.7. The number of carbonyl (C=O) groups is 1. The van der Waals surface area contributed by atoms with E-state index in [0.717, 1.165) is 20.9 Å². The van der Waals surface area contributed by atoms with Gasteiger partial charge in [0.1, 0.15) is 5.04 Å². The van der Waals surface area contributed by atoms with Crippen LogP contribution >= 0.6 is 27.7 Å². The number of aromatic nitrogens is 1. The normalized spacial score (nSPS) is 17.5. The van der Waals surface area contributed by atoms with E-state index in [1.807, 2.05) is 59.5 Å². The third kappa shape index (κ3) is 6.62. The molecule has 38 heavy (non-hydrogen) atoms. The number of carbonyl (C=O) groups excluding carboxylic acids is 1. The summed E-state index contributed by atoms with van der Waals surface area (Å²) >= 11 is 4.77. The summed E-state index contributed by atoms with van der Waals surface area (Å²) in [5.41, 5.74) is 2.36. The molecule has 1 saturated heterocycles. The van der Waals surface area contributed by atoms with Crippen molar-refractivity contribution in [2.24, 2.45) is 9.98 Å². The molecule has 0 unspecified atom stereocenters. The number of nitrogens with zero attached hydrogens (tertiary/aromatic N) is 4. The highest BCUT2D eigenvalue weighted by Crippen LogP contribution is 2.36. The molecule has 0 radical (unpaired) electrons. The molecule has 1 aromatic heterocycles. The van der Waals surface area contributed by atoms with E-state index in [-0.39, 0.29) is 18.2 Å². The molecule has 1 amide bonds. The van der Waals surface area contributed by atoms with Gasteiger partial charge in [-0.1, -0.05) is 58.0 Å². The van der Waals surface area contributed by atoms with Crippen LogP contribution in [0.3, 0.4) is 0 Å². The second-order valence-electron chi connectivity index (χ2n) is 9.33. The van der Waals surface area contributed by atoms with Crippen molar-refractivity contribution in [2.75, 3.05) is 30.7 Å². The Hall–Kier alpha value is -2.76. The summed E-state index contributed by atoms with van der Waals surface area (Å²) in [7, 11) is 0. The van der Waals surface area contributed by atoms with Crippen molar-refractivity contribution in [2.45, 2.75) is 31.1 Å². The Morgan fingerprint density at radius 1 is 1.08 bits per heavy atom. The first-order chi connectivity index (χ1) is 18.2. The number of likely N-dealkylation sites (tertiary alicyclic amines) is 1. The van der Waals surface area contributed by atoms with Crippen LogP contribution in [0.4, 0.5) is 18.9 Å². The lowest BCUT2D eigenvalue weighted by Gasteiger charge is -2.35. The van der Waals surface area contributed by atoms with Crippen LogP contribution < -0.4 is 5.32 Å². The van der Waals surface area contributed by atoms with E-state index in [0.29, 0.717) is 42.4 Å². The SMILES string of the molecule is O=C(CSC1=NC2(CCN(CCC(F)(F)F)CC2)N=C1c1ccc(Br)cc1)Nc1cnc2ccccc2c1. The van der Waals surface area contributed by atoms with Crippen molar-refractivity contribution in [1.82, 2.24) is 9.88 Å². The Morgan fingerprint density at radius 3 is 2.55 bits per heavy atom. The lowest BCUT2D eigenvalue weighted by atomic mass is 9.98. The van der Waals surface area contributed by atoms with E-state index < -0.39 is 18.3 Å². The van der Waals surface area contributed by atoms with Gasteiger partial charge in [0.05, 0.1) is 35.3 Å². The Labute approximate surface area is 231 Å². The van der Waals surface area contributed by atoms with Gasteiger partial charge in [-0.15, -0.1) is 0 Å². The summed E-state index contributed by atoms with van der Waals surface area (Å²) in [6.07, 6.45) is -2.29. The van der Waals surface area contributed by atoms with Gasteiger partial charge in [-0.05, 0) is 24.3 Å². The Bertz CT molecular complexity index is 1390. The molecule has 198 valence electrons. The van der Waals surface area contributed by atoms with Crippen LogP contribution in [0.2, 0.25) is 0 Å². The summed E-state index contributed by atoms with van der Waals surface area (Å²) in [4.78, 5) is 28.9. The maximum Gasteiger partial charge on any atom is 0.390 e. The summed E-state index contributed by atoms with van der Waals surface area (Å²) in [6, 6.07) is 17.3. The minimum absolute atomic E-state index is 0.0159. The molecule has 3 heterocycles. The van der Waals surface area contributed by atoms with Crippen molar-refractivity contribution in [3.8, 4) is 0 Å². The molecule has 11 heteroatoms. The number of pyridine rings is 1. The Balaban J connectivity index is 1.28. The van der Waals surface area contributed by atoms with Crippen molar-refractivity contribution in [3.05, 3.63) is 70.8 Å². The number of amides is 1. The van der Waals surface area contributed by atoms with Crippen molar-refractivity contribution >= 4 is 60.9 Å². The number of fused-ring (bicyclic) bond motifs is 1. The lowest BCUT2D eigenvalue weighted by molar-refractivity contribution is -0.138. The summed E-state index contributed by atoms with van der Waals surface area (Å²) < 4.78 is 38.9. The van der Waals surface area contributed by atoms with E-state index in [9.17, 15) is 18.0 Å². The van der Waals surface area contributed by atoms with E-state index in [1.165, 1.54) is 11.8 Å². The molecule has 1 spiro atoms.